The molecule has 0 amide bonds. The van der Waals surface area contributed by atoms with Gasteiger partial charge in [-0.15, -0.1) is 0 Å². The zero-order chi connectivity index (χ0) is 13.1. The van der Waals surface area contributed by atoms with E-state index in [1.165, 1.54) is 6.54 Å². The maximum Gasteiger partial charge on any atom is 0.133 e. The Morgan fingerprint density at radius 1 is 1.22 bits per heavy atom. The SMILES string of the molecule is Cc1nc(Br)cc(N2CCN(CC(C)C)CC2)n1. The molecule has 0 N–H and O–H groups in total. The number of piperazine rings is 1. The Balaban J connectivity index is 1.96. The molecular formula is C13H21BrN4. The number of aromatic nitrogens is 2. The molecule has 0 saturated carbocycles. The van der Waals surface area contributed by atoms with Crippen LogP contribution in [-0.4, -0.2) is 47.6 Å². The fraction of sp³-hybridized carbons (Fsp3) is 0.692. The molecule has 100 valence electrons. The number of hydrogen-bond acceptors (Lipinski definition) is 4. The van der Waals surface area contributed by atoms with Gasteiger partial charge in [0.2, 0.25) is 0 Å². The normalized spacial score (nSPS) is 17.5. The molecule has 1 aromatic heterocycles. The summed E-state index contributed by atoms with van der Waals surface area (Å²) in [7, 11) is 0. The van der Waals surface area contributed by atoms with Crippen molar-refractivity contribution >= 4 is 21.7 Å². The average molecular weight is 313 g/mol. The van der Waals surface area contributed by atoms with E-state index in [4.69, 9.17) is 0 Å². The Bertz CT molecular complexity index is 380. The van der Waals surface area contributed by atoms with E-state index in [0.717, 1.165) is 48.3 Å². The molecule has 0 atom stereocenters. The lowest BCUT2D eigenvalue weighted by molar-refractivity contribution is 0.231. The molecule has 1 saturated heterocycles. The van der Waals surface area contributed by atoms with Crippen molar-refractivity contribution in [3.8, 4) is 0 Å². The number of nitrogens with zero attached hydrogens (tertiary/aromatic N) is 4. The van der Waals surface area contributed by atoms with Gasteiger partial charge in [-0.1, -0.05) is 13.8 Å². The second-order valence-electron chi connectivity index (χ2n) is 5.28. The first-order valence-electron chi connectivity index (χ1n) is 6.53. The Labute approximate surface area is 118 Å². The summed E-state index contributed by atoms with van der Waals surface area (Å²) in [4.78, 5) is 13.6. The highest BCUT2D eigenvalue weighted by molar-refractivity contribution is 9.10. The van der Waals surface area contributed by atoms with Gasteiger partial charge in [-0.2, -0.15) is 0 Å². The van der Waals surface area contributed by atoms with Crippen LogP contribution in [0.1, 0.15) is 19.7 Å². The second-order valence-corrected chi connectivity index (χ2v) is 6.09. The highest BCUT2D eigenvalue weighted by Crippen LogP contribution is 2.18. The van der Waals surface area contributed by atoms with Crippen LogP contribution in [0.2, 0.25) is 0 Å². The van der Waals surface area contributed by atoms with Crippen molar-refractivity contribution in [1.82, 2.24) is 14.9 Å². The largest absolute Gasteiger partial charge is 0.354 e. The summed E-state index contributed by atoms with van der Waals surface area (Å²) in [6, 6.07) is 2.01. The molecule has 0 aromatic carbocycles. The smallest absolute Gasteiger partial charge is 0.133 e. The Morgan fingerprint density at radius 3 is 2.44 bits per heavy atom. The number of aryl methyl sites for hydroxylation is 1. The van der Waals surface area contributed by atoms with E-state index in [1.807, 2.05) is 13.0 Å². The van der Waals surface area contributed by atoms with E-state index in [-0.39, 0.29) is 0 Å². The molecule has 4 nitrogen and oxygen atoms in total. The van der Waals surface area contributed by atoms with E-state index in [9.17, 15) is 0 Å². The lowest BCUT2D eigenvalue weighted by atomic mass is 10.2. The van der Waals surface area contributed by atoms with Crippen molar-refractivity contribution in [3.05, 3.63) is 16.5 Å². The van der Waals surface area contributed by atoms with Gasteiger partial charge in [0.1, 0.15) is 16.2 Å². The quantitative estimate of drug-likeness (QED) is 0.802. The third-order valence-electron chi connectivity index (χ3n) is 3.11. The van der Waals surface area contributed by atoms with Crippen LogP contribution < -0.4 is 4.90 Å². The van der Waals surface area contributed by atoms with Gasteiger partial charge in [0.15, 0.2) is 0 Å². The zero-order valence-corrected chi connectivity index (χ0v) is 12.9. The maximum atomic E-state index is 4.51. The van der Waals surface area contributed by atoms with Gasteiger partial charge in [0.25, 0.3) is 0 Å². The molecule has 18 heavy (non-hydrogen) atoms. The third kappa shape index (κ3) is 3.65. The summed E-state index contributed by atoms with van der Waals surface area (Å²) in [6.07, 6.45) is 0. The molecule has 0 unspecified atom stereocenters. The van der Waals surface area contributed by atoms with Gasteiger partial charge >= 0.3 is 0 Å². The van der Waals surface area contributed by atoms with E-state index < -0.39 is 0 Å². The maximum absolute atomic E-state index is 4.51. The van der Waals surface area contributed by atoms with Crippen LogP contribution >= 0.6 is 15.9 Å². The van der Waals surface area contributed by atoms with Crippen LogP contribution in [0.25, 0.3) is 0 Å². The summed E-state index contributed by atoms with van der Waals surface area (Å²) >= 11 is 3.44. The summed E-state index contributed by atoms with van der Waals surface area (Å²) in [5.41, 5.74) is 0. The topological polar surface area (TPSA) is 32.3 Å². The predicted molar refractivity (Wildman–Crippen MR) is 78.0 cm³/mol. The van der Waals surface area contributed by atoms with E-state index in [1.54, 1.807) is 0 Å². The summed E-state index contributed by atoms with van der Waals surface area (Å²) in [5, 5.41) is 0. The van der Waals surface area contributed by atoms with Crippen LogP contribution in [0.5, 0.6) is 0 Å². The van der Waals surface area contributed by atoms with Gasteiger partial charge in [0, 0.05) is 38.8 Å². The van der Waals surface area contributed by atoms with Crippen molar-refractivity contribution in [3.63, 3.8) is 0 Å². The van der Waals surface area contributed by atoms with Crippen molar-refractivity contribution in [2.75, 3.05) is 37.6 Å². The standard InChI is InChI=1S/C13H21BrN4/c1-10(2)9-17-4-6-18(7-5-17)13-8-12(14)15-11(3)16-13/h8,10H,4-7,9H2,1-3H3. The minimum atomic E-state index is 0.743. The lowest BCUT2D eigenvalue weighted by Crippen LogP contribution is -2.47. The number of rotatable bonds is 3. The lowest BCUT2D eigenvalue weighted by Gasteiger charge is -2.36. The van der Waals surface area contributed by atoms with Crippen molar-refractivity contribution in [2.45, 2.75) is 20.8 Å². The van der Waals surface area contributed by atoms with Crippen molar-refractivity contribution in [1.29, 1.82) is 0 Å². The zero-order valence-electron chi connectivity index (χ0n) is 11.4. The van der Waals surface area contributed by atoms with Gasteiger partial charge in [-0.25, -0.2) is 9.97 Å². The summed E-state index contributed by atoms with van der Waals surface area (Å²) in [5.74, 6) is 2.61. The molecule has 1 aliphatic rings. The highest BCUT2D eigenvalue weighted by Gasteiger charge is 2.19. The summed E-state index contributed by atoms with van der Waals surface area (Å²) < 4.78 is 0.870. The van der Waals surface area contributed by atoms with Crippen LogP contribution in [0, 0.1) is 12.8 Å². The molecule has 1 aliphatic heterocycles. The molecule has 2 heterocycles. The molecular weight excluding hydrogens is 292 g/mol. The van der Waals surface area contributed by atoms with E-state index >= 15 is 0 Å². The Hall–Kier alpha value is -0.680. The van der Waals surface area contributed by atoms with Crippen LogP contribution in [-0.2, 0) is 0 Å². The fourth-order valence-corrected chi connectivity index (χ4v) is 2.82. The van der Waals surface area contributed by atoms with Crippen LogP contribution in [0.3, 0.4) is 0 Å². The second kappa shape index (κ2) is 5.97. The van der Waals surface area contributed by atoms with Crippen LogP contribution in [0.15, 0.2) is 10.7 Å². The molecule has 0 aliphatic carbocycles. The average Bonchev–Trinajstić information content (AvgIpc) is 2.27. The van der Waals surface area contributed by atoms with E-state index in [2.05, 4.69) is 49.5 Å². The van der Waals surface area contributed by atoms with Gasteiger partial charge in [-0.3, -0.25) is 4.90 Å². The number of halogens is 1. The summed E-state index contributed by atoms with van der Waals surface area (Å²) in [6.45, 7) is 12.0. The number of hydrogen-bond donors (Lipinski definition) is 0. The predicted octanol–water partition coefficient (Wildman–Crippen LogP) is 2.33. The highest BCUT2D eigenvalue weighted by atomic mass is 79.9. The molecule has 5 heteroatoms. The first-order valence-corrected chi connectivity index (χ1v) is 7.32. The third-order valence-corrected chi connectivity index (χ3v) is 3.52. The van der Waals surface area contributed by atoms with Gasteiger partial charge in [0.05, 0.1) is 0 Å². The molecule has 1 aromatic rings. The Kier molecular flexibility index (Phi) is 4.56. The molecule has 2 rings (SSSR count). The minimum Gasteiger partial charge on any atom is -0.354 e. The van der Waals surface area contributed by atoms with Crippen molar-refractivity contribution in [2.24, 2.45) is 5.92 Å². The van der Waals surface area contributed by atoms with E-state index in [0.29, 0.717) is 0 Å². The fourth-order valence-electron chi connectivity index (χ4n) is 2.35. The minimum absolute atomic E-state index is 0.743. The first kappa shape index (κ1) is 13.7. The number of anilines is 1. The molecule has 0 radical (unpaired) electrons. The van der Waals surface area contributed by atoms with Crippen LogP contribution in [0.4, 0.5) is 5.82 Å². The monoisotopic (exact) mass is 312 g/mol. The molecule has 1 fully saturated rings. The Morgan fingerprint density at radius 2 is 1.89 bits per heavy atom. The van der Waals surface area contributed by atoms with Gasteiger partial charge in [-0.05, 0) is 28.8 Å². The van der Waals surface area contributed by atoms with Gasteiger partial charge < -0.3 is 4.90 Å². The molecule has 0 spiro atoms. The first-order chi connectivity index (χ1) is 8.54. The van der Waals surface area contributed by atoms with Crippen molar-refractivity contribution < 1.29 is 0 Å². The molecule has 0 bridgehead atoms.